The molecule has 2 rings (SSSR count). The summed E-state index contributed by atoms with van der Waals surface area (Å²) in [6, 6.07) is 8.64. The molecule has 1 aliphatic heterocycles. The van der Waals surface area contributed by atoms with E-state index in [0.717, 1.165) is 12.1 Å². The van der Waals surface area contributed by atoms with Crippen molar-refractivity contribution in [3.05, 3.63) is 57.9 Å². The molecule has 1 aromatic carbocycles. The predicted octanol–water partition coefficient (Wildman–Crippen LogP) is 3.99. The maximum Gasteiger partial charge on any atom is 0.416 e. The molecule has 0 aromatic heterocycles. The maximum absolute atomic E-state index is 12.6. The molecule has 0 saturated carbocycles. The summed E-state index contributed by atoms with van der Waals surface area (Å²) in [7, 11) is 0. The van der Waals surface area contributed by atoms with Crippen molar-refractivity contribution in [2.24, 2.45) is 0 Å². The first kappa shape index (κ1) is 15.7. The number of alkyl halides is 3. The molecule has 0 bridgehead atoms. The maximum atomic E-state index is 12.6. The summed E-state index contributed by atoms with van der Waals surface area (Å²) in [5, 5.41) is 21.6. The lowest BCUT2D eigenvalue weighted by molar-refractivity contribution is -0.137. The Bertz CT molecular complexity index is 705. The number of dihydropyridines is 1. The van der Waals surface area contributed by atoms with E-state index < -0.39 is 17.7 Å². The van der Waals surface area contributed by atoms with E-state index in [4.69, 9.17) is 0 Å². The van der Waals surface area contributed by atoms with Crippen molar-refractivity contribution in [2.75, 3.05) is 0 Å². The van der Waals surface area contributed by atoms with Crippen LogP contribution in [-0.2, 0) is 6.18 Å². The van der Waals surface area contributed by atoms with Gasteiger partial charge in [0.2, 0.25) is 0 Å². The molecule has 0 saturated heterocycles. The highest BCUT2D eigenvalue weighted by Crippen LogP contribution is 2.38. The first-order valence-corrected chi connectivity index (χ1v) is 6.45. The van der Waals surface area contributed by atoms with Gasteiger partial charge in [0, 0.05) is 11.4 Å². The first-order chi connectivity index (χ1) is 10.3. The Hall–Kier alpha value is -2.73. The molecule has 0 fully saturated rings. The van der Waals surface area contributed by atoms with Crippen LogP contribution in [0.25, 0.3) is 0 Å². The Labute approximate surface area is 126 Å². The van der Waals surface area contributed by atoms with Gasteiger partial charge in [0.1, 0.15) is 0 Å². The Morgan fingerprint density at radius 1 is 0.955 bits per heavy atom. The van der Waals surface area contributed by atoms with E-state index in [-0.39, 0.29) is 0 Å². The topological polar surface area (TPSA) is 59.6 Å². The van der Waals surface area contributed by atoms with Gasteiger partial charge < -0.3 is 5.32 Å². The molecule has 6 heteroatoms. The van der Waals surface area contributed by atoms with Gasteiger partial charge in [0.25, 0.3) is 0 Å². The summed E-state index contributed by atoms with van der Waals surface area (Å²) in [6.07, 6.45) is -4.42. The number of rotatable bonds is 1. The van der Waals surface area contributed by atoms with Crippen molar-refractivity contribution in [1.82, 2.24) is 5.32 Å². The van der Waals surface area contributed by atoms with Gasteiger partial charge in [-0.1, -0.05) is 12.1 Å². The Morgan fingerprint density at radius 2 is 1.41 bits per heavy atom. The van der Waals surface area contributed by atoms with Crippen LogP contribution in [-0.4, -0.2) is 0 Å². The number of halogens is 3. The number of allylic oxidation sites excluding steroid dienone is 4. The van der Waals surface area contributed by atoms with Crippen molar-refractivity contribution < 1.29 is 13.2 Å². The third-order valence-electron chi connectivity index (χ3n) is 3.57. The number of nitriles is 2. The molecule has 112 valence electrons. The minimum absolute atomic E-state index is 0.335. The lowest BCUT2D eigenvalue weighted by Gasteiger charge is -2.26. The smallest absolute Gasteiger partial charge is 0.361 e. The lowest BCUT2D eigenvalue weighted by atomic mass is 9.81. The van der Waals surface area contributed by atoms with Crippen LogP contribution in [0.3, 0.4) is 0 Å². The fourth-order valence-electron chi connectivity index (χ4n) is 2.49. The van der Waals surface area contributed by atoms with E-state index in [1.165, 1.54) is 12.1 Å². The average molecular weight is 303 g/mol. The Kier molecular flexibility index (Phi) is 3.97. The van der Waals surface area contributed by atoms with Crippen molar-refractivity contribution >= 4 is 0 Å². The van der Waals surface area contributed by atoms with Crippen LogP contribution in [0.5, 0.6) is 0 Å². The van der Waals surface area contributed by atoms with Crippen molar-refractivity contribution in [3.63, 3.8) is 0 Å². The zero-order valence-electron chi connectivity index (χ0n) is 11.9. The number of benzene rings is 1. The van der Waals surface area contributed by atoms with E-state index in [2.05, 4.69) is 5.32 Å². The third-order valence-corrected chi connectivity index (χ3v) is 3.57. The monoisotopic (exact) mass is 303 g/mol. The fraction of sp³-hybridized carbons (Fsp3) is 0.250. The summed E-state index contributed by atoms with van der Waals surface area (Å²) in [5.74, 6) is -0.640. The van der Waals surface area contributed by atoms with Gasteiger partial charge >= 0.3 is 6.18 Å². The van der Waals surface area contributed by atoms with Gasteiger partial charge in [-0.25, -0.2) is 0 Å². The molecule has 1 aliphatic rings. The molecule has 0 spiro atoms. The van der Waals surface area contributed by atoms with Crippen molar-refractivity contribution in [3.8, 4) is 12.1 Å². The number of nitrogens with zero attached hydrogens (tertiary/aromatic N) is 2. The summed E-state index contributed by atoms with van der Waals surface area (Å²) in [6.45, 7) is 3.40. The summed E-state index contributed by atoms with van der Waals surface area (Å²) in [5.41, 5.74) is 1.60. The molecule has 1 aromatic rings. The molecule has 0 aliphatic carbocycles. The summed E-state index contributed by atoms with van der Waals surface area (Å²) in [4.78, 5) is 0. The second kappa shape index (κ2) is 5.57. The first-order valence-electron chi connectivity index (χ1n) is 6.45. The zero-order valence-corrected chi connectivity index (χ0v) is 11.9. The van der Waals surface area contributed by atoms with Gasteiger partial charge in [0.15, 0.2) is 0 Å². The standard InChI is InChI=1S/C16H12F3N3/c1-9-13(7-20)15(14(8-21)10(2)22-9)11-3-5-12(6-4-11)16(17,18)19/h3-6,15,22H,1-2H3. The fourth-order valence-corrected chi connectivity index (χ4v) is 2.49. The van der Waals surface area contributed by atoms with E-state index >= 15 is 0 Å². The lowest BCUT2D eigenvalue weighted by Crippen LogP contribution is -2.23. The highest BCUT2D eigenvalue weighted by molar-refractivity contribution is 5.55. The molecular formula is C16H12F3N3. The van der Waals surface area contributed by atoms with Crippen LogP contribution in [0.15, 0.2) is 46.8 Å². The second-order valence-corrected chi connectivity index (χ2v) is 4.98. The van der Waals surface area contributed by atoms with Crippen LogP contribution >= 0.6 is 0 Å². The van der Waals surface area contributed by atoms with Crippen molar-refractivity contribution in [1.29, 1.82) is 10.5 Å². The molecule has 22 heavy (non-hydrogen) atoms. The highest BCUT2D eigenvalue weighted by Gasteiger charge is 2.32. The Morgan fingerprint density at radius 3 is 1.77 bits per heavy atom. The van der Waals surface area contributed by atoms with Crippen molar-refractivity contribution in [2.45, 2.75) is 25.9 Å². The van der Waals surface area contributed by atoms with E-state index in [9.17, 15) is 23.7 Å². The molecule has 0 atom stereocenters. The zero-order chi connectivity index (χ0) is 16.5. The molecule has 1 N–H and O–H groups in total. The quantitative estimate of drug-likeness (QED) is 0.853. The molecule has 0 radical (unpaired) electrons. The van der Waals surface area contributed by atoms with Crippen LogP contribution in [0.2, 0.25) is 0 Å². The minimum atomic E-state index is -4.42. The number of hydrogen-bond acceptors (Lipinski definition) is 3. The van der Waals surface area contributed by atoms with Gasteiger partial charge in [0.05, 0.1) is 34.8 Å². The number of hydrogen-bond donors (Lipinski definition) is 1. The van der Waals surface area contributed by atoms with E-state index in [1.54, 1.807) is 13.8 Å². The van der Waals surface area contributed by atoms with Gasteiger partial charge in [-0.05, 0) is 31.5 Å². The van der Waals surface area contributed by atoms with Crippen LogP contribution in [0, 0.1) is 22.7 Å². The normalized spacial score (nSPS) is 16.1. The van der Waals surface area contributed by atoms with Crippen LogP contribution < -0.4 is 5.32 Å². The van der Waals surface area contributed by atoms with Crippen LogP contribution in [0.4, 0.5) is 13.2 Å². The van der Waals surface area contributed by atoms with Gasteiger partial charge in [-0.15, -0.1) is 0 Å². The number of nitrogens with one attached hydrogen (secondary N) is 1. The minimum Gasteiger partial charge on any atom is -0.361 e. The third kappa shape index (κ3) is 2.68. The predicted molar refractivity (Wildman–Crippen MR) is 73.9 cm³/mol. The van der Waals surface area contributed by atoms with Gasteiger partial charge in [-0.3, -0.25) is 0 Å². The molecule has 0 amide bonds. The summed E-state index contributed by atoms with van der Waals surface area (Å²) < 4.78 is 37.9. The molecule has 3 nitrogen and oxygen atoms in total. The highest BCUT2D eigenvalue weighted by atomic mass is 19.4. The van der Waals surface area contributed by atoms with E-state index in [0.29, 0.717) is 28.1 Å². The Balaban J connectivity index is 2.55. The van der Waals surface area contributed by atoms with Crippen LogP contribution in [0.1, 0.15) is 30.9 Å². The molecule has 1 heterocycles. The largest absolute Gasteiger partial charge is 0.416 e. The molecule has 0 unspecified atom stereocenters. The average Bonchev–Trinajstić information content (AvgIpc) is 2.46. The molecular weight excluding hydrogens is 291 g/mol. The summed E-state index contributed by atoms with van der Waals surface area (Å²) >= 11 is 0. The second-order valence-electron chi connectivity index (χ2n) is 4.98. The van der Waals surface area contributed by atoms with Gasteiger partial charge in [-0.2, -0.15) is 23.7 Å². The van der Waals surface area contributed by atoms with E-state index in [1.807, 2.05) is 12.1 Å². The SMILES string of the molecule is CC1=C(C#N)C(c2ccc(C(F)(F)F)cc2)C(C#N)=C(C)N1.